The highest BCUT2D eigenvalue weighted by atomic mass is 16.7. The van der Waals surface area contributed by atoms with Gasteiger partial charge >= 0.3 is 17.9 Å². The molecule has 5 rings (SSSR count). The molecule has 1 aromatic heterocycles. The minimum absolute atomic E-state index is 0.0338. The summed E-state index contributed by atoms with van der Waals surface area (Å²) >= 11 is 0. The molecular weight excluding hydrogens is 552 g/mol. The largest absolute Gasteiger partial charge is 0.459 e. The van der Waals surface area contributed by atoms with Crippen LogP contribution in [-0.2, 0) is 18.9 Å². The maximum Gasteiger partial charge on any atom is 0.338 e. The van der Waals surface area contributed by atoms with E-state index >= 15 is 0 Å². The minimum atomic E-state index is -1.34. The van der Waals surface area contributed by atoms with Crippen LogP contribution in [0.4, 0.5) is 5.82 Å². The standard InChI is InChI=1S/C32H24N4O7/c33-16-23-18-36(28(35)24(23)17-34)29-27(43-32(39)22-14-8-3-9-15-22)26(42-31(38)21-12-6-2-7-13-21)25(41-29)19-40-30(37)20-10-4-1-5-11-20/h1-15,18,25-27,29H,19,35H2/t25-,26-,27-,29-/m1/s1. The van der Waals surface area contributed by atoms with E-state index in [1.807, 2.05) is 12.1 Å². The first-order chi connectivity index (χ1) is 20.9. The van der Waals surface area contributed by atoms with Crippen LogP contribution in [0.1, 0.15) is 48.4 Å². The lowest BCUT2D eigenvalue weighted by Crippen LogP contribution is -2.41. The third-order valence-corrected chi connectivity index (χ3v) is 6.76. The van der Waals surface area contributed by atoms with Crippen molar-refractivity contribution in [1.29, 1.82) is 10.5 Å². The quantitative estimate of drug-likeness (QED) is 0.239. The Balaban J connectivity index is 1.53. The molecule has 0 amide bonds. The van der Waals surface area contributed by atoms with E-state index in [0.717, 1.165) is 0 Å². The third-order valence-electron chi connectivity index (χ3n) is 6.76. The third kappa shape index (κ3) is 6.07. The van der Waals surface area contributed by atoms with Crippen molar-refractivity contribution >= 4 is 23.7 Å². The summed E-state index contributed by atoms with van der Waals surface area (Å²) < 4.78 is 24.7. The first-order valence-corrected chi connectivity index (χ1v) is 13.1. The van der Waals surface area contributed by atoms with Crippen LogP contribution < -0.4 is 5.73 Å². The molecule has 1 aliphatic rings. The Labute approximate surface area is 246 Å². The highest BCUT2D eigenvalue weighted by Crippen LogP contribution is 2.38. The second-order valence-corrected chi connectivity index (χ2v) is 9.44. The number of nitrogens with two attached hydrogens (primary N) is 1. The summed E-state index contributed by atoms with van der Waals surface area (Å²) in [6.45, 7) is -0.395. The Morgan fingerprint density at radius 3 is 1.70 bits per heavy atom. The molecule has 0 saturated carbocycles. The van der Waals surface area contributed by atoms with E-state index in [-0.39, 0.29) is 33.6 Å². The number of anilines is 1. The van der Waals surface area contributed by atoms with Gasteiger partial charge in [0.05, 0.1) is 22.3 Å². The zero-order chi connectivity index (χ0) is 30.3. The summed E-state index contributed by atoms with van der Waals surface area (Å²) in [6, 6.07) is 28.3. The van der Waals surface area contributed by atoms with Crippen LogP contribution in [0.5, 0.6) is 0 Å². The lowest BCUT2D eigenvalue weighted by atomic mass is 10.1. The zero-order valence-electron chi connectivity index (χ0n) is 22.5. The molecule has 0 radical (unpaired) electrons. The SMILES string of the molecule is N#Cc1cn([C@@H]2O[C@H](COC(=O)c3ccccc3)[C@@H](OC(=O)c3ccccc3)[C@H]2OC(=O)c2ccccc2)c(N)c1C#N. The molecule has 3 aromatic carbocycles. The van der Waals surface area contributed by atoms with Gasteiger partial charge in [0.2, 0.25) is 0 Å². The first-order valence-electron chi connectivity index (χ1n) is 13.1. The van der Waals surface area contributed by atoms with Gasteiger partial charge in [-0.3, -0.25) is 0 Å². The molecule has 2 heterocycles. The van der Waals surface area contributed by atoms with E-state index in [0.29, 0.717) is 0 Å². The topological polar surface area (TPSA) is 167 Å². The van der Waals surface area contributed by atoms with Crippen LogP contribution in [0.25, 0.3) is 0 Å². The molecule has 4 atom stereocenters. The van der Waals surface area contributed by atoms with Gasteiger partial charge in [-0.1, -0.05) is 54.6 Å². The molecule has 0 aliphatic carbocycles. The number of aromatic nitrogens is 1. The number of ether oxygens (including phenoxy) is 4. The zero-order valence-corrected chi connectivity index (χ0v) is 22.5. The van der Waals surface area contributed by atoms with E-state index in [4.69, 9.17) is 24.7 Å². The molecule has 4 aromatic rings. The van der Waals surface area contributed by atoms with Gasteiger partial charge in [-0.25, -0.2) is 14.4 Å². The second-order valence-electron chi connectivity index (χ2n) is 9.44. The summed E-state index contributed by atoms with van der Waals surface area (Å²) in [6.07, 6.45) is -3.76. The monoisotopic (exact) mass is 576 g/mol. The van der Waals surface area contributed by atoms with Crippen molar-refractivity contribution < 1.29 is 33.3 Å². The normalized spacial score (nSPS) is 19.0. The van der Waals surface area contributed by atoms with Gasteiger partial charge in [0.25, 0.3) is 0 Å². The lowest BCUT2D eigenvalue weighted by Gasteiger charge is -2.25. The number of nitriles is 2. The summed E-state index contributed by atoms with van der Waals surface area (Å²) in [5.41, 5.74) is 6.82. The fourth-order valence-corrected chi connectivity index (χ4v) is 4.63. The smallest absolute Gasteiger partial charge is 0.338 e. The number of benzene rings is 3. The van der Waals surface area contributed by atoms with Crippen LogP contribution in [0, 0.1) is 22.7 Å². The average Bonchev–Trinajstić information content (AvgIpc) is 3.56. The van der Waals surface area contributed by atoms with Gasteiger partial charge in [-0.2, -0.15) is 10.5 Å². The van der Waals surface area contributed by atoms with E-state index in [9.17, 15) is 24.9 Å². The Morgan fingerprint density at radius 2 is 1.23 bits per heavy atom. The van der Waals surface area contributed by atoms with Gasteiger partial charge in [-0.15, -0.1) is 0 Å². The highest BCUT2D eigenvalue weighted by molar-refractivity contribution is 5.91. The maximum absolute atomic E-state index is 13.3. The lowest BCUT2D eigenvalue weighted by molar-refractivity contribution is -0.0610. The van der Waals surface area contributed by atoms with Crippen LogP contribution in [0.3, 0.4) is 0 Å². The van der Waals surface area contributed by atoms with Crippen molar-refractivity contribution in [1.82, 2.24) is 4.57 Å². The van der Waals surface area contributed by atoms with Gasteiger partial charge in [-0.05, 0) is 36.4 Å². The van der Waals surface area contributed by atoms with Gasteiger partial charge in [0, 0.05) is 6.20 Å². The molecular formula is C32H24N4O7. The molecule has 1 saturated heterocycles. The number of rotatable bonds is 8. The number of nitrogen functional groups attached to an aromatic ring is 1. The molecule has 43 heavy (non-hydrogen) atoms. The summed E-state index contributed by atoms with van der Waals surface area (Å²) in [4.78, 5) is 39.2. The van der Waals surface area contributed by atoms with E-state index in [2.05, 4.69) is 0 Å². The maximum atomic E-state index is 13.3. The fourth-order valence-electron chi connectivity index (χ4n) is 4.63. The Morgan fingerprint density at radius 1 is 0.744 bits per heavy atom. The summed E-state index contributed by atoms with van der Waals surface area (Å²) in [5, 5.41) is 19.2. The van der Waals surface area contributed by atoms with E-state index < -0.39 is 49.1 Å². The Bertz CT molecular complexity index is 1710. The number of nitrogens with zero attached hydrogens (tertiary/aromatic N) is 3. The Hall–Kier alpha value is -5.91. The van der Waals surface area contributed by atoms with E-state index in [1.54, 1.807) is 91.0 Å². The number of hydrogen-bond acceptors (Lipinski definition) is 10. The summed E-state index contributed by atoms with van der Waals surface area (Å²) in [5.74, 6) is -2.28. The molecule has 0 spiro atoms. The predicted molar refractivity (Wildman–Crippen MR) is 150 cm³/mol. The number of esters is 3. The molecule has 1 fully saturated rings. The highest BCUT2D eigenvalue weighted by Gasteiger charge is 2.52. The molecule has 11 nitrogen and oxygen atoms in total. The predicted octanol–water partition coefficient (Wildman–Crippen LogP) is 4.02. The molecule has 2 N–H and O–H groups in total. The van der Waals surface area contributed by atoms with Crippen molar-refractivity contribution in [3.05, 3.63) is 125 Å². The van der Waals surface area contributed by atoms with Crippen LogP contribution in [0.2, 0.25) is 0 Å². The second kappa shape index (κ2) is 12.7. The molecule has 0 bridgehead atoms. The molecule has 11 heteroatoms. The van der Waals surface area contributed by atoms with E-state index in [1.165, 1.54) is 10.8 Å². The Kier molecular flexibility index (Phi) is 8.47. The first kappa shape index (κ1) is 28.6. The minimum Gasteiger partial charge on any atom is -0.459 e. The fraction of sp³-hybridized carbons (Fsp3) is 0.156. The van der Waals surface area contributed by atoms with Gasteiger partial charge in [0.15, 0.2) is 18.4 Å². The van der Waals surface area contributed by atoms with Crippen molar-refractivity contribution in [2.45, 2.75) is 24.5 Å². The number of hydrogen-bond donors (Lipinski definition) is 1. The number of carbonyl (C=O) groups is 3. The van der Waals surface area contributed by atoms with Crippen molar-refractivity contribution in [2.24, 2.45) is 0 Å². The van der Waals surface area contributed by atoms with Crippen molar-refractivity contribution in [2.75, 3.05) is 12.3 Å². The molecule has 0 unspecified atom stereocenters. The van der Waals surface area contributed by atoms with Crippen LogP contribution in [0.15, 0.2) is 97.2 Å². The van der Waals surface area contributed by atoms with Gasteiger partial charge < -0.3 is 29.2 Å². The average molecular weight is 577 g/mol. The van der Waals surface area contributed by atoms with Crippen molar-refractivity contribution in [3.8, 4) is 12.1 Å². The van der Waals surface area contributed by atoms with Crippen LogP contribution >= 0.6 is 0 Å². The number of carbonyl (C=O) groups excluding carboxylic acids is 3. The summed E-state index contributed by atoms with van der Waals surface area (Å²) in [7, 11) is 0. The molecule has 214 valence electrons. The van der Waals surface area contributed by atoms with Gasteiger partial charge in [0.1, 0.15) is 36.2 Å². The van der Waals surface area contributed by atoms with Crippen LogP contribution in [-0.4, -0.2) is 47.4 Å². The molecule has 1 aliphatic heterocycles. The van der Waals surface area contributed by atoms with Crippen molar-refractivity contribution in [3.63, 3.8) is 0 Å².